The molecule has 26 heavy (non-hydrogen) atoms. The third-order valence-electron chi connectivity index (χ3n) is 5.33. The summed E-state index contributed by atoms with van der Waals surface area (Å²) in [6, 6.07) is 10.9. The molecule has 2 aromatic carbocycles. The van der Waals surface area contributed by atoms with Crippen molar-refractivity contribution in [2.75, 3.05) is 6.54 Å². The number of halogens is 2. The molecule has 2 aliphatic rings. The Bertz CT molecular complexity index is 793. The van der Waals surface area contributed by atoms with Gasteiger partial charge in [-0.1, -0.05) is 30.7 Å². The van der Waals surface area contributed by atoms with Gasteiger partial charge in [-0.2, -0.15) is 0 Å². The number of amides is 1. The molecule has 0 unspecified atom stereocenters. The van der Waals surface area contributed by atoms with Crippen LogP contribution in [0.3, 0.4) is 0 Å². The quantitative estimate of drug-likeness (QED) is 0.747. The van der Waals surface area contributed by atoms with E-state index in [0.29, 0.717) is 18.7 Å². The van der Waals surface area contributed by atoms with Crippen molar-refractivity contribution < 1.29 is 18.3 Å². The number of carbonyl (C=O) groups excluding carboxylic acids is 1. The molecule has 1 amide bonds. The summed E-state index contributed by atoms with van der Waals surface area (Å²) in [6.45, 7) is 1.13. The van der Waals surface area contributed by atoms with Crippen molar-refractivity contribution in [3.63, 3.8) is 0 Å². The number of ether oxygens (including phenoxy) is 1. The molecule has 1 spiro atoms. The first-order valence-electron chi connectivity index (χ1n) is 9.06. The number of benzene rings is 2. The fourth-order valence-electron chi connectivity index (χ4n) is 4.01. The topological polar surface area (TPSA) is 29.5 Å². The Hall–Kier alpha value is -2.43. The van der Waals surface area contributed by atoms with Crippen LogP contribution in [0.4, 0.5) is 13.6 Å². The van der Waals surface area contributed by atoms with Crippen molar-refractivity contribution in [2.45, 2.75) is 44.2 Å². The Kier molecular flexibility index (Phi) is 4.39. The molecule has 0 bridgehead atoms. The van der Waals surface area contributed by atoms with Gasteiger partial charge in [0.1, 0.15) is 17.2 Å². The van der Waals surface area contributed by atoms with Crippen molar-refractivity contribution in [3.8, 4) is 11.1 Å². The van der Waals surface area contributed by atoms with Crippen LogP contribution in [-0.2, 0) is 11.3 Å². The van der Waals surface area contributed by atoms with Crippen LogP contribution < -0.4 is 0 Å². The standard InChI is InChI=1S/C21H21F2NO2/c22-18-10-17(11-19(23)12-18)16-6-4-15(5-7-16)13-24-14-21(26-20(24)25)8-2-1-3-9-21/h4-7,10-12H,1-3,8-9,13-14H2. The van der Waals surface area contributed by atoms with Gasteiger partial charge in [0, 0.05) is 12.6 Å². The fourth-order valence-corrected chi connectivity index (χ4v) is 4.01. The average molecular weight is 357 g/mol. The number of hydrogen-bond acceptors (Lipinski definition) is 2. The molecule has 3 nitrogen and oxygen atoms in total. The van der Waals surface area contributed by atoms with Crippen molar-refractivity contribution in [1.29, 1.82) is 0 Å². The first-order valence-corrected chi connectivity index (χ1v) is 9.06. The molecule has 1 heterocycles. The molecule has 5 heteroatoms. The van der Waals surface area contributed by atoms with E-state index in [1.54, 1.807) is 4.90 Å². The molecule has 1 saturated carbocycles. The van der Waals surface area contributed by atoms with Gasteiger partial charge in [-0.25, -0.2) is 13.6 Å². The van der Waals surface area contributed by atoms with Crippen LogP contribution in [0.1, 0.15) is 37.7 Å². The highest BCUT2D eigenvalue weighted by atomic mass is 19.1. The second-order valence-electron chi connectivity index (χ2n) is 7.32. The van der Waals surface area contributed by atoms with E-state index in [1.807, 2.05) is 24.3 Å². The van der Waals surface area contributed by atoms with Gasteiger partial charge in [0.2, 0.25) is 0 Å². The van der Waals surface area contributed by atoms with Gasteiger partial charge in [-0.15, -0.1) is 0 Å². The maximum absolute atomic E-state index is 13.4. The predicted octanol–water partition coefficient (Wildman–Crippen LogP) is 5.29. The Morgan fingerprint density at radius 3 is 2.23 bits per heavy atom. The van der Waals surface area contributed by atoms with Crippen LogP contribution in [-0.4, -0.2) is 23.1 Å². The smallest absolute Gasteiger partial charge is 0.410 e. The lowest BCUT2D eigenvalue weighted by molar-refractivity contribution is 0.0260. The molecular formula is C21H21F2NO2. The SMILES string of the molecule is O=C1OC2(CCCCC2)CN1Cc1ccc(-c2cc(F)cc(F)c2)cc1. The first kappa shape index (κ1) is 17.0. The molecule has 0 atom stereocenters. The van der Waals surface area contributed by atoms with E-state index in [-0.39, 0.29) is 11.7 Å². The van der Waals surface area contributed by atoms with Gasteiger partial charge in [0.15, 0.2) is 0 Å². The zero-order valence-electron chi connectivity index (χ0n) is 14.5. The minimum Gasteiger partial charge on any atom is -0.441 e. The molecule has 0 N–H and O–H groups in total. The normalized spacial score (nSPS) is 19.0. The summed E-state index contributed by atoms with van der Waals surface area (Å²) in [5.41, 5.74) is 1.90. The van der Waals surface area contributed by atoms with Crippen molar-refractivity contribution in [2.24, 2.45) is 0 Å². The summed E-state index contributed by atoms with van der Waals surface area (Å²) in [5, 5.41) is 0. The fraction of sp³-hybridized carbons (Fsp3) is 0.381. The highest BCUT2D eigenvalue weighted by Gasteiger charge is 2.45. The Morgan fingerprint density at radius 2 is 1.58 bits per heavy atom. The lowest BCUT2D eigenvalue weighted by Crippen LogP contribution is -2.36. The highest BCUT2D eigenvalue weighted by Crippen LogP contribution is 2.37. The molecule has 136 valence electrons. The summed E-state index contributed by atoms with van der Waals surface area (Å²) < 4.78 is 32.5. The maximum atomic E-state index is 13.4. The van der Waals surface area contributed by atoms with Crippen LogP contribution in [0, 0.1) is 11.6 Å². The minimum absolute atomic E-state index is 0.247. The van der Waals surface area contributed by atoms with Gasteiger partial charge in [0.25, 0.3) is 0 Å². The van der Waals surface area contributed by atoms with Gasteiger partial charge < -0.3 is 4.74 Å². The molecule has 1 saturated heterocycles. The third-order valence-corrected chi connectivity index (χ3v) is 5.33. The molecular weight excluding hydrogens is 336 g/mol. The number of hydrogen-bond donors (Lipinski definition) is 0. The van der Waals surface area contributed by atoms with E-state index < -0.39 is 11.6 Å². The Labute approximate surface area is 151 Å². The summed E-state index contributed by atoms with van der Waals surface area (Å²) in [5.74, 6) is -1.19. The second-order valence-corrected chi connectivity index (χ2v) is 7.32. The average Bonchev–Trinajstić information content (AvgIpc) is 2.90. The minimum atomic E-state index is -0.596. The summed E-state index contributed by atoms with van der Waals surface area (Å²) in [4.78, 5) is 14.0. The van der Waals surface area contributed by atoms with Gasteiger partial charge >= 0.3 is 6.09 Å². The maximum Gasteiger partial charge on any atom is 0.410 e. The van der Waals surface area contributed by atoms with E-state index in [4.69, 9.17) is 4.74 Å². The zero-order chi connectivity index (χ0) is 18.1. The van der Waals surface area contributed by atoms with Crippen molar-refractivity contribution >= 4 is 6.09 Å². The van der Waals surface area contributed by atoms with Crippen LogP contribution in [0.25, 0.3) is 11.1 Å². The van der Waals surface area contributed by atoms with E-state index in [2.05, 4.69) is 0 Å². The van der Waals surface area contributed by atoms with Crippen molar-refractivity contribution in [1.82, 2.24) is 4.90 Å². The van der Waals surface area contributed by atoms with Crippen LogP contribution in [0.2, 0.25) is 0 Å². The van der Waals surface area contributed by atoms with Crippen molar-refractivity contribution in [3.05, 3.63) is 59.7 Å². The Balaban J connectivity index is 1.47. The van der Waals surface area contributed by atoms with E-state index in [9.17, 15) is 13.6 Å². The molecule has 2 fully saturated rings. The molecule has 1 aliphatic carbocycles. The summed E-state index contributed by atoms with van der Waals surface area (Å²) in [7, 11) is 0. The molecule has 1 aliphatic heterocycles. The lowest BCUT2D eigenvalue weighted by atomic mass is 9.85. The van der Waals surface area contributed by atoms with Crippen LogP contribution in [0.5, 0.6) is 0 Å². The molecule has 2 aromatic rings. The monoisotopic (exact) mass is 357 g/mol. The second kappa shape index (κ2) is 6.71. The zero-order valence-corrected chi connectivity index (χ0v) is 14.5. The summed E-state index contributed by atoms with van der Waals surface area (Å²) in [6.07, 6.45) is 5.07. The Morgan fingerprint density at radius 1 is 0.923 bits per heavy atom. The van der Waals surface area contributed by atoms with Crippen LogP contribution >= 0.6 is 0 Å². The van der Waals surface area contributed by atoms with Gasteiger partial charge in [-0.3, -0.25) is 4.90 Å². The number of nitrogens with zero attached hydrogens (tertiary/aromatic N) is 1. The molecule has 4 rings (SSSR count). The van der Waals surface area contributed by atoms with Gasteiger partial charge in [-0.05, 0) is 54.5 Å². The lowest BCUT2D eigenvalue weighted by Gasteiger charge is -2.30. The summed E-state index contributed by atoms with van der Waals surface area (Å²) >= 11 is 0. The van der Waals surface area contributed by atoms with Gasteiger partial charge in [0.05, 0.1) is 6.54 Å². The van der Waals surface area contributed by atoms with E-state index >= 15 is 0 Å². The van der Waals surface area contributed by atoms with E-state index in [0.717, 1.165) is 42.9 Å². The third kappa shape index (κ3) is 3.43. The number of carbonyl (C=O) groups is 1. The first-order chi connectivity index (χ1) is 12.5. The molecule has 0 aromatic heterocycles. The van der Waals surface area contributed by atoms with E-state index in [1.165, 1.54) is 18.6 Å². The molecule has 0 radical (unpaired) electrons. The van der Waals surface area contributed by atoms with Crippen LogP contribution in [0.15, 0.2) is 42.5 Å². The largest absolute Gasteiger partial charge is 0.441 e. The predicted molar refractivity (Wildman–Crippen MR) is 94.5 cm³/mol. The number of rotatable bonds is 3. The highest BCUT2D eigenvalue weighted by molar-refractivity contribution is 5.71.